The number of aromatic nitrogens is 2. The summed E-state index contributed by atoms with van der Waals surface area (Å²) >= 11 is 7.90. The molecule has 0 amide bonds. The SMILES string of the molecule is O=C(O)CSc1nnc(SC2=C(C=Cc3cc(-c4ccccc4)[s+]c(-c4ccccc4)c3)CCCC2=CC=C2C=C(c3ccccc3)SC(c3ccccc3)=C2)s1. The lowest BCUT2D eigenvalue weighted by molar-refractivity contribution is -0.133. The van der Waals surface area contributed by atoms with Gasteiger partial charge in [0.15, 0.2) is 8.68 Å². The first kappa shape index (κ1) is 38.8. The molecule has 0 atom stereocenters. The molecule has 57 heavy (non-hydrogen) atoms. The first-order valence-corrected chi connectivity index (χ1v) is 22.8. The quantitative estimate of drug-likeness (QED) is 0.0973. The third kappa shape index (κ3) is 10.3. The number of thioether (sulfide) groups is 3. The Morgan fingerprint density at radius 3 is 1.79 bits per heavy atom. The predicted molar refractivity (Wildman–Crippen MR) is 246 cm³/mol. The molecule has 0 fully saturated rings. The predicted octanol–water partition coefficient (Wildman–Crippen LogP) is 14.3. The number of carboxylic acid groups (broad SMARTS) is 1. The van der Waals surface area contributed by atoms with Gasteiger partial charge in [0.1, 0.15) is 0 Å². The van der Waals surface area contributed by atoms with Crippen LogP contribution in [0.2, 0.25) is 0 Å². The molecule has 0 saturated carbocycles. The van der Waals surface area contributed by atoms with Crippen LogP contribution in [0.25, 0.3) is 36.8 Å². The smallest absolute Gasteiger partial charge is 0.313 e. The van der Waals surface area contributed by atoms with Crippen LogP contribution in [-0.4, -0.2) is 27.0 Å². The first-order valence-electron chi connectivity index (χ1n) is 18.5. The summed E-state index contributed by atoms with van der Waals surface area (Å²) in [7, 11) is 0. The molecule has 2 aliphatic rings. The second-order valence-electron chi connectivity index (χ2n) is 13.2. The second kappa shape index (κ2) is 18.9. The minimum Gasteiger partial charge on any atom is -0.481 e. The van der Waals surface area contributed by atoms with E-state index in [2.05, 4.69) is 180 Å². The van der Waals surface area contributed by atoms with Crippen LogP contribution >= 0.6 is 58.0 Å². The van der Waals surface area contributed by atoms with Crippen molar-refractivity contribution in [1.82, 2.24) is 10.2 Å². The van der Waals surface area contributed by atoms with Crippen LogP contribution in [0.5, 0.6) is 0 Å². The fourth-order valence-corrected chi connectivity index (χ4v) is 11.7. The fourth-order valence-electron chi connectivity index (χ4n) is 6.47. The van der Waals surface area contributed by atoms with E-state index in [1.807, 2.05) is 0 Å². The Bertz CT molecular complexity index is 2440. The maximum Gasteiger partial charge on any atom is 0.313 e. The average molecular weight is 834 g/mol. The molecule has 1 aliphatic carbocycles. The van der Waals surface area contributed by atoms with Crippen molar-refractivity contribution in [2.75, 3.05) is 5.75 Å². The van der Waals surface area contributed by atoms with Gasteiger partial charge in [-0.1, -0.05) is 168 Å². The zero-order valence-corrected chi connectivity index (χ0v) is 34.9. The van der Waals surface area contributed by atoms with Crippen molar-refractivity contribution in [2.24, 2.45) is 0 Å². The zero-order valence-electron chi connectivity index (χ0n) is 30.8. The van der Waals surface area contributed by atoms with E-state index in [4.69, 9.17) is 0 Å². The molecule has 1 N–H and O–H groups in total. The molecule has 3 heterocycles. The van der Waals surface area contributed by atoms with E-state index in [1.165, 1.54) is 81.0 Å². The molecule has 0 spiro atoms. The van der Waals surface area contributed by atoms with E-state index in [1.54, 1.807) is 34.9 Å². The number of nitrogens with zero attached hydrogens (tertiary/aromatic N) is 2. The van der Waals surface area contributed by atoms with Crippen LogP contribution < -0.4 is 0 Å². The first-order chi connectivity index (χ1) is 28.0. The number of hydrogen-bond acceptors (Lipinski definition) is 7. The molecule has 0 saturated heterocycles. The fraction of sp³-hybridized carbons (Fsp3) is 0.0833. The van der Waals surface area contributed by atoms with E-state index < -0.39 is 5.97 Å². The van der Waals surface area contributed by atoms with Gasteiger partial charge >= 0.3 is 5.97 Å². The van der Waals surface area contributed by atoms with Gasteiger partial charge in [0.2, 0.25) is 21.1 Å². The lowest BCUT2D eigenvalue weighted by Gasteiger charge is -2.21. The Hall–Kier alpha value is -5.03. The molecular formula is C48H37N2O2S5+. The average Bonchev–Trinajstić information content (AvgIpc) is 3.73. The number of allylic oxidation sites excluding steroid dienone is 8. The Balaban J connectivity index is 1.19. The summed E-state index contributed by atoms with van der Waals surface area (Å²) in [5.41, 5.74) is 9.58. The number of hydrogen-bond donors (Lipinski definition) is 1. The van der Waals surface area contributed by atoms with Crippen molar-refractivity contribution in [1.29, 1.82) is 0 Å². The standard InChI is InChI=1S/C48H36N2O2S5/c51-45(52)32-53-47-49-50-48(57-47)56-46-39(26-24-33-28-41(35-14-5-1-6-15-35)54-42(29-33)36-16-7-2-8-17-36)22-13-23-40(46)27-25-34-30-43(37-18-9-3-10-19-37)55-44(31-34)38-20-11-4-12-21-38/h1-12,14-21,24-31H,13,22-23,32H2/p+1. The number of carboxylic acids is 1. The van der Waals surface area contributed by atoms with Crippen molar-refractivity contribution < 1.29 is 9.90 Å². The molecule has 4 nitrogen and oxygen atoms in total. The van der Waals surface area contributed by atoms with E-state index in [9.17, 15) is 9.90 Å². The van der Waals surface area contributed by atoms with Gasteiger partial charge in [0, 0.05) is 38.0 Å². The molecule has 9 heteroatoms. The number of benzene rings is 4. The van der Waals surface area contributed by atoms with Gasteiger partial charge in [-0.2, -0.15) is 0 Å². The van der Waals surface area contributed by atoms with Crippen LogP contribution in [0.1, 0.15) is 36.0 Å². The summed E-state index contributed by atoms with van der Waals surface area (Å²) in [6.07, 6.45) is 16.5. The molecule has 1 aliphatic heterocycles. The molecule has 0 unspecified atom stereocenters. The molecule has 4 aromatic carbocycles. The minimum absolute atomic E-state index is 0.0438. The number of rotatable bonds is 12. The normalized spacial score (nSPS) is 15.2. The maximum absolute atomic E-state index is 11.3. The Labute approximate surface area is 354 Å². The van der Waals surface area contributed by atoms with E-state index in [-0.39, 0.29) is 5.75 Å². The maximum atomic E-state index is 11.3. The number of aliphatic carboxylic acids is 1. The van der Waals surface area contributed by atoms with E-state index in [0.717, 1.165) is 34.7 Å². The lowest BCUT2D eigenvalue weighted by atomic mass is 9.93. The lowest BCUT2D eigenvalue weighted by Crippen LogP contribution is -2.00. The highest BCUT2D eigenvalue weighted by atomic mass is 32.2. The van der Waals surface area contributed by atoms with Crippen LogP contribution in [0.15, 0.2) is 194 Å². The van der Waals surface area contributed by atoms with Crippen molar-refractivity contribution in [3.63, 3.8) is 0 Å². The van der Waals surface area contributed by atoms with Crippen LogP contribution in [0.4, 0.5) is 0 Å². The molecule has 8 rings (SSSR count). The van der Waals surface area contributed by atoms with Gasteiger partial charge in [-0.05, 0) is 89.1 Å². The highest BCUT2D eigenvalue weighted by Gasteiger charge is 2.22. The molecule has 0 radical (unpaired) electrons. The largest absolute Gasteiger partial charge is 0.481 e. The van der Waals surface area contributed by atoms with Gasteiger partial charge in [0.05, 0.1) is 5.75 Å². The highest BCUT2D eigenvalue weighted by molar-refractivity contribution is 8.16. The van der Waals surface area contributed by atoms with E-state index in [0.29, 0.717) is 4.34 Å². The van der Waals surface area contributed by atoms with E-state index >= 15 is 0 Å². The van der Waals surface area contributed by atoms with Gasteiger partial charge in [-0.15, -0.1) is 10.2 Å². The summed E-state index contributed by atoms with van der Waals surface area (Å²) in [4.78, 5) is 17.3. The summed E-state index contributed by atoms with van der Waals surface area (Å²) < 4.78 is 1.46. The molecule has 2 aromatic heterocycles. The van der Waals surface area contributed by atoms with Crippen molar-refractivity contribution >= 4 is 79.8 Å². The third-order valence-electron chi connectivity index (χ3n) is 9.19. The van der Waals surface area contributed by atoms with Crippen LogP contribution in [0, 0.1) is 0 Å². The molecular weight excluding hydrogens is 797 g/mol. The topological polar surface area (TPSA) is 63.1 Å². The second-order valence-corrected chi connectivity index (χ2v) is 18.8. The molecule has 6 aromatic rings. The Morgan fingerprint density at radius 2 is 1.23 bits per heavy atom. The van der Waals surface area contributed by atoms with Gasteiger partial charge in [0.25, 0.3) is 0 Å². The Kier molecular flexibility index (Phi) is 12.9. The van der Waals surface area contributed by atoms with Gasteiger partial charge in [-0.3, -0.25) is 4.79 Å². The number of carbonyl (C=O) groups is 1. The summed E-state index contributed by atoms with van der Waals surface area (Å²) in [6, 6.07) is 46.9. The van der Waals surface area contributed by atoms with Crippen molar-refractivity contribution in [3.8, 4) is 20.9 Å². The van der Waals surface area contributed by atoms with Crippen LogP contribution in [0.3, 0.4) is 0 Å². The van der Waals surface area contributed by atoms with Gasteiger partial charge in [-0.25, -0.2) is 0 Å². The van der Waals surface area contributed by atoms with Crippen molar-refractivity contribution in [2.45, 2.75) is 27.9 Å². The highest BCUT2D eigenvalue weighted by Crippen LogP contribution is 2.46. The van der Waals surface area contributed by atoms with Gasteiger partial charge < -0.3 is 5.11 Å². The minimum atomic E-state index is -0.868. The summed E-state index contributed by atoms with van der Waals surface area (Å²) in [5.74, 6) is -0.912. The molecule has 280 valence electrons. The third-order valence-corrected chi connectivity index (χ3v) is 14.8. The Morgan fingerprint density at radius 1 is 0.684 bits per heavy atom. The monoisotopic (exact) mass is 833 g/mol. The summed E-state index contributed by atoms with van der Waals surface area (Å²) in [6.45, 7) is 0. The summed E-state index contributed by atoms with van der Waals surface area (Å²) in [5, 5.41) is 18.1. The van der Waals surface area contributed by atoms with Crippen molar-refractivity contribution in [3.05, 3.63) is 202 Å². The molecule has 0 bridgehead atoms. The zero-order chi connectivity index (χ0) is 38.8. The van der Waals surface area contributed by atoms with Crippen LogP contribution in [-0.2, 0) is 4.79 Å².